The second kappa shape index (κ2) is 4.78. The van der Waals surface area contributed by atoms with Crippen molar-refractivity contribution in [3.05, 3.63) is 47.1 Å². The van der Waals surface area contributed by atoms with E-state index >= 15 is 0 Å². The summed E-state index contributed by atoms with van der Waals surface area (Å²) in [7, 11) is 0. The van der Waals surface area contributed by atoms with Gasteiger partial charge in [0.15, 0.2) is 5.82 Å². The van der Waals surface area contributed by atoms with Crippen molar-refractivity contribution in [3.8, 4) is 0 Å². The fourth-order valence-electron chi connectivity index (χ4n) is 2.84. The summed E-state index contributed by atoms with van der Waals surface area (Å²) in [4.78, 5) is 4.46. The van der Waals surface area contributed by atoms with E-state index in [9.17, 15) is 0 Å². The summed E-state index contributed by atoms with van der Waals surface area (Å²) in [6, 6.07) is 8.36. The van der Waals surface area contributed by atoms with Crippen LogP contribution >= 0.6 is 0 Å². The third-order valence-corrected chi connectivity index (χ3v) is 3.93. The minimum atomic E-state index is -0.607. The maximum Gasteiger partial charge on any atom is 0.226 e. The average Bonchev–Trinajstić information content (AvgIpc) is 2.87. The Bertz CT molecular complexity index is 578. The molecule has 1 heterocycles. The van der Waals surface area contributed by atoms with Gasteiger partial charge in [0.05, 0.1) is 0 Å². The first-order chi connectivity index (χ1) is 9.24. The second-order valence-corrected chi connectivity index (χ2v) is 5.20. The highest BCUT2D eigenvalue weighted by atomic mass is 16.5. The lowest BCUT2D eigenvalue weighted by Crippen LogP contribution is -2.39. The number of fused-ring (bicyclic) bond motifs is 1. The molecule has 1 aliphatic carbocycles. The smallest absolute Gasteiger partial charge is 0.226 e. The monoisotopic (exact) mass is 257 g/mol. The Labute approximate surface area is 113 Å². The van der Waals surface area contributed by atoms with E-state index in [0.717, 1.165) is 37.7 Å². The predicted molar refractivity (Wildman–Crippen MR) is 72.6 cm³/mol. The van der Waals surface area contributed by atoms with Crippen LogP contribution in [0.5, 0.6) is 0 Å². The van der Waals surface area contributed by atoms with Crippen molar-refractivity contribution in [3.63, 3.8) is 0 Å². The van der Waals surface area contributed by atoms with Crippen LogP contribution in [-0.2, 0) is 18.4 Å². The molecule has 1 aromatic heterocycles. The van der Waals surface area contributed by atoms with Gasteiger partial charge in [0, 0.05) is 6.42 Å². The van der Waals surface area contributed by atoms with Crippen molar-refractivity contribution in [2.45, 2.75) is 44.6 Å². The van der Waals surface area contributed by atoms with Crippen molar-refractivity contribution < 1.29 is 4.52 Å². The minimum Gasteiger partial charge on any atom is -0.339 e. The molecular formula is C15H19N3O. The number of nitrogens with zero attached hydrogens (tertiary/aromatic N) is 2. The molecule has 100 valence electrons. The molecule has 0 amide bonds. The third kappa shape index (κ3) is 2.06. The van der Waals surface area contributed by atoms with Crippen LogP contribution in [-0.4, -0.2) is 10.1 Å². The summed E-state index contributed by atoms with van der Waals surface area (Å²) < 4.78 is 5.25. The molecule has 4 heteroatoms. The van der Waals surface area contributed by atoms with Gasteiger partial charge in [-0.05, 0) is 30.4 Å². The molecule has 0 saturated carbocycles. The van der Waals surface area contributed by atoms with Crippen molar-refractivity contribution >= 4 is 0 Å². The normalized spacial score (nSPS) is 22.8. The molecule has 2 N–H and O–H groups in total. The summed E-state index contributed by atoms with van der Waals surface area (Å²) >= 11 is 0. The zero-order valence-corrected chi connectivity index (χ0v) is 11.2. The fraction of sp³-hybridized carbons (Fsp3) is 0.467. The summed E-state index contributed by atoms with van der Waals surface area (Å²) in [5.74, 6) is 1.28. The van der Waals surface area contributed by atoms with Crippen LogP contribution in [0, 0.1) is 0 Å². The van der Waals surface area contributed by atoms with Gasteiger partial charge in [-0.1, -0.05) is 42.8 Å². The lowest BCUT2D eigenvalue weighted by Gasteiger charge is -2.26. The first-order valence-corrected chi connectivity index (χ1v) is 6.94. The fourth-order valence-corrected chi connectivity index (χ4v) is 2.84. The standard InChI is InChI=1S/C15H19N3O/c1-2-13-17-14(18-19-13)15(16)10-6-5-8-11-7-3-4-9-12(11)15/h3-4,7,9H,2,5-6,8,10,16H2,1H3. The number of hydrogen-bond donors (Lipinski definition) is 1. The molecule has 0 saturated heterocycles. The Kier molecular flexibility index (Phi) is 3.11. The first kappa shape index (κ1) is 12.4. The van der Waals surface area contributed by atoms with Gasteiger partial charge in [0.1, 0.15) is 5.54 Å². The highest BCUT2D eigenvalue weighted by molar-refractivity contribution is 5.39. The molecule has 0 fully saturated rings. The van der Waals surface area contributed by atoms with E-state index in [2.05, 4.69) is 28.3 Å². The van der Waals surface area contributed by atoms with E-state index in [-0.39, 0.29) is 0 Å². The molecule has 3 rings (SSSR count). The highest BCUT2D eigenvalue weighted by Crippen LogP contribution is 2.36. The van der Waals surface area contributed by atoms with Gasteiger partial charge in [-0.25, -0.2) is 0 Å². The van der Waals surface area contributed by atoms with Gasteiger partial charge in [-0.15, -0.1) is 0 Å². The molecule has 1 aliphatic rings. The van der Waals surface area contributed by atoms with E-state index in [1.54, 1.807) is 0 Å². The highest BCUT2D eigenvalue weighted by Gasteiger charge is 2.37. The van der Waals surface area contributed by atoms with E-state index < -0.39 is 5.54 Å². The number of hydrogen-bond acceptors (Lipinski definition) is 4. The average molecular weight is 257 g/mol. The quantitative estimate of drug-likeness (QED) is 0.840. The van der Waals surface area contributed by atoms with Gasteiger partial charge in [0.25, 0.3) is 0 Å². The summed E-state index contributed by atoms with van der Waals surface area (Å²) in [6.07, 6.45) is 4.93. The van der Waals surface area contributed by atoms with Crippen LogP contribution in [0.3, 0.4) is 0 Å². The molecule has 0 radical (unpaired) electrons. The molecule has 0 bridgehead atoms. The van der Waals surface area contributed by atoms with E-state index in [1.807, 2.05) is 13.0 Å². The summed E-state index contributed by atoms with van der Waals surface area (Å²) in [5.41, 5.74) is 8.53. The molecule has 1 unspecified atom stereocenters. The largest absolute Gasteiger partial charge is 0.339 e. The van der Waals surface area contributed by atoms with Crippen molar-refractivity contribution in [1.82, 2.24) is 10.1 Å². The molecule has 2 aromatic rings. The van der Waals surface area contributed by atoms with Crippen molar-refractivity contribution in [2.75, 3.05) is 0 Å². The van der Waals surface area contributed by atoms with Gasteiger partial charge in [-0.2, -0.15) is 4.98 Å². The Hall–Kier alpha value is -1.68. The maximum absolute atomic E-state index is 6.68. The second-order valence-electron chi connectivity index (χ2n) is 5.20. The number of aromatic nitrogens is 2. The third-order valence-electron chi connectivity index (χ3n) is 3.93. The van der Waals surface area contributed by atoms with Crippen molar-refractivity contribution in [2.24, 2.45) is 5.73 Å². The van der Waals surface area contributed by atoms with E-state index in [4.69, 9.17) is 10.3 Å². The molecule has 19 heavy (non-hydrogen) atoms. The SMILES string of the molecule is CCc1nc(C2(N)CCCCc3ccccc32)no1. The molecule has 1 atom stereocenters. The molecule has 4 nitrogen and oxygen atoms in total. The topological polar surface area (TPSA) is 64.9 Å². The number of benzene rings is 1. The number of nitrogens with two attached hydrogens (primary N) is 1. The van der Waals surface area contributed by atoms with Crippen LogP contribution in [0.1, 0.15) is 49.0 Å². The van der Waals surface area contributed by atoms with Crippen LogP contribution < -0.4 is 5.73 Å². The van der Waals surface area contributed by atoms with Gasteiger partial charge in [0.2, 0.25) is 5.89 Å². The zero-order valence-electron chi connectivity index (χ0n) is 11.2. The van der Waals surface area contributed by atoms with Crippen LogP contribution in [0.15, 0.2) is 28.8 Å². The Morgan fingerprint density at radius 1 is 1.32 bits per heavy atom. The van der Waals surface area contributed by atoms with E-state index in [1.165, 1.54) is 5.56 Å². The summed E-state index contributed by atoms with van der Waals surface area (Å²) in [6.45, 7) is 2.00. The summed E-state index contributed by atoms with van der Waals surface area (Å²) in [5, 5.41) is 4.11. The zero-order chi connectivity index (χ0) is 13.3. The maximum atomic E-state index is 6.68. The lowest BCUT2D eigenvalue weighted by molar-refractivity contribution is 0.357. The Morgan fingerprint density at radius 3 is 2.95 bits per heavy atom. The van der Waals surface area contributed by atoms with Gasteiger partial charge >= 0.3 is 0 Å². The van der Waals surface area contributed by atoms with Crippen LogP contribution in [0.25, 0.3) is 0 Å². The molecule has 0 aliphatic heterocycles. The molecule has 1 aromatic carbocycles. The first-order valence-electron chi connectivity index (χ1n) is 6.94. The minimum absolute atomic E-state index is 0.607. The number of aryl methyl sites for hydroxylation is 2. The predicted octanol–water partition coefficient (Wildman–Crippen LogP) is 2.56. The Balaban J connectivity index is 2.11. The molecular weight excluding hydrogens is 238 g/mol. The molecule has 0 spiro atoms. The van der Waals surface area contributed by atoms with Crippen LogP contribution in [0.4, 0.5) is 0 Å². The van der Waals surface area contributed by atoms with Crippen molar-refractivity contribution in [1.29, 1.82) is 0 Å². The number of rotatable bonds is 2. The van der Waals surface area contributed by atoms with Gasteiger partial charge in [-0.3, -0.25) is 0 Å². The van der Waals surface area contributed by atoms with Gasteiger partial charge < -0.3 is 10.3 Å². The van der Waals surface area contributed by atoms with E-state index in [0.29, 0.717) is 11.7 Å². The lowest BCUT2D eigenvalue weighted by atomic mass is 9.85. The van der Waals surface area contributed by atoms with Crippen LogP contribution in [0.2, 0.25) is 0 Å². The Morgan fingerprint density at radius 2 is 2.16 bits per heavy atom.